The van der Waals surface area contributed by atoms with Crippen LogP contribution in [-0.4, -0.2) is 56.0 Å². The van der Waals surface area contributed by atoms with E-state index >= 15 is 0 Å². The van der Waals surface area contributed by atoms with Gasteiger partial charge in [-0.1, -0.05) is 29.8 Å². The summed E-state index contributed by atoms with van der Waals surface area (Å²) in [4.78, 5) is 38.2. The number of anilines is 1. The van der Waals surface area contributed by atoms with Gasteiger partial charge in [-0.05, 0) is 27.0 Å². The molecule has 2 N–H and O–H groups in total. The van der Waals surface area contributed by atoms with Crippen LogP contribution in [0.3, 0.4) is 0 Å². The summed E-state index contributed by atoms with van der Waals surface area (Å²) in [6.07, 6.45) is 0. The average molecular weight is 438 g/mol. The van der Waals surface area contributed by atoms with Crippen molar-refractivity contribution in [2.45, 2.75) is 19.9 Å². The van der Waals surface area contributed by atoms with Gasteiger partial charge >= 0.3 is 5.97 Å². The Morgan fingerprint density at radius 1 is 1.14 bits per heavy atom. The number of halogens is 1. The third kappa shape index (κ3) is 6.28. The normalized spacial score (nSPS) is 10.9. The maximum atomic E-state index is 12.4. The predicted molar refractivity (Wildman–Crippen MR) is 116 cm³/mol. The van der Waals surface area contributed by atoms with Gasteiger partial charge in [0.15, 0.2) is 0 Å². The van der Waals surface area contributed by atoms with E-state index in [0.717, 1.165) is 0 Å². The van der Waals surface area contributed by atoms with Crippen molar-refractivity contribution in [1.29, 1.82) is 0 Å². The molecule has 0 aliphatic carbocycles. The molecule has 1 aromatic heterocycles. The lowest BCUT2D eigenvalue weighted by molar-refractivity contribution is -0.123. The van der Waals surface area contributed by atoms with Crippen molar-refractivity contribution in [3.8, 4) is 11.1 Å². The third-order valence-electron chi connectivity index (χ3n) is 3.87. The lowest BCUT2D eigenvalue weighted by atomic mass is 10.0. The van der Waals surface area contributed by atoms with Crippen LogP contribution < -0.4 is 10.6 Å². The van der Waals surface area contributed by atoms with Gasteiger partial charge in [-0.15, -0.1) is 11.3 Å². The van der Waals surface area contributed by atoms with Crippen molar-refractivity contribution in [2.24, 2.45) is 0 Å². The molecule has 29 heavy (non-hydrogen) atoms. The van der Waals surface area contributed by atoms with E-state index in [1.807, 2.05) is 19.9 Å². The summed E-state index contributed by atoms with van der Waals surface area (Å²) in [5, 5.41) is 8.13. The third-order valence-corrected chi connectivity index (χ3v) is 5.10. The number of rotatable bonds is 8. The minimum absolute atomic E-state index is 0.00848. The Morgan fingerprint density at radius 2 is 1.79 bits per heavy atom. The van der Waals surface area contributed by atoms with Crippen LogP contribution in [0.25, 0.3) is 11.1 Å². The molecule has 0 saturated heterocycles. The molecule has 0 unspecified atom stereocenters. The smallest absolute Gasteiger partial charge is 0.341 e. The number of esters is 1. The second-order valence-corrected chi connectivity index (χ2v) is 8.05. The highest BCUT2D eigenvalue weighted by Gasteiger charge is 2.23. The molecular weight excluding hydrogens is 414 g/mol. The maximum absolute atomic E-state index is 12.4. The highest BCUT2D eigenvalue weighted by atomic mass is 35.5. The van der Waals surface area contributed by atoms with Gasteiger partial charge in [-0.25, -0.2) is 4.79 Å². The number of carbonyl (C=O) groups excluding carboxylic acids is 3. The Kier molecular flexibility index (Phi) is 8.19. The number of carbonyl (C=O) groups is 3. The fourth-order valence-corrected chi connectivity index (χ4v) is 3.91. The van der Waals surface area contributed by atoms with E-state index in [-0.39, 0.29) is 36.5 Å². The lowest BCUT2D eigenvalue weighted by Crippen LogP contribution is -2.41. The zero-order valence-corrected chi connectivity index (χ0v) is 18.3. The summed E-state index contributed by atoms with van der Waals surface area (Å²) in [7, 11) is 2.95. The summed E-state index contributed by atoms with van der Waals surface area (Å²) in [5.41, 5.74) is 1.51. The Balaban J connectivity index is 2.16. The molecule has 0 fully saturated rings. The molecule has 0 bridgehead atoms. The number of nitrogens with zero attached hydrogens (tertiary/aromatic N) is 1. The van der Waals surface area contributed by atoms with E-state index in [0.29, 0.717) is 21.2 Å². The Morgan fingerprint density at radius 3 is 2.41 bits per heavy atom. The lowest BCUT2D eigenvalue weighted by Gasteiger charge is -2.17. The summed E-state index contributed by atoms with van der Waals surface area (Å²) in [5.74, 6) is -1.08. The van der Waals surface area contributed by atoms with Gasteiger partial charge in [0.1, 0.15) is 10.6 Å². The molecule has 0 aliphatic rings. The number of thiophene rings is 1. The van der Waals surface area contributed by atoms with Gasteiger partial charge < -0.3 is 15.4 Å². The fourth-order valence-electron chi connectivity index (χ4n) is 2.71. The molecule has 1 aromatic carbocycles. The van der Waals surface area contributed by atoms with Crippen molar-refractivity contribution >= 4 is 45.7 Å². The molecule has 2 amide bonds. The first-order valence-electron chi connectivity index (χ1n) is 8.95. The molecule has 9 heteroatoms. The quantitative estimate of drug-likeness (QED) is 0.619. The maximum Gasteiger partial charge on any atom is 0.341 e. The van der Waals surface area contributed by atoms with Gasteiger partial charge in [0, 0.05) is 27.6 Å². The van der Waals surface area contributed by atoms with Crippen LogP contribution in [-0.2, 0) is 14.3 Å². The van der Waals surface area contributed by atoms with E-state index in [2.05, 4.69) is 10.6 Å². The number of nitrogens with one attached hydrogen (secondary N) is 2. The molecule has 0 spiro atoms. The van der Waals surface area contributed by atoms with Crippen molar-refractivity contribution in [1.82, 2.24) is 10.2 Å². The Labute approximate surface area is 179 Å². The molecule has 0 saturated carbocycles. The van der Waals surface area contributed by atoms with E-state index in [9.17, 15) is 14.4 Å². The monoisotopic (exact) mass is 437 g/mol. The van der Waals surface area contributed by atoms with E-state index in [4.69, 9.17) is 16.3 Å². The Bertz CT molecular complexity index is 898. The number of amides is 2. The number of hydrogen-bond acceptors (Lipinski definition) is 6. The van der Waals surface area contributed by atoms with Gasteiger partial charge in [0.05, 0.1) is 20.2 Å². The van der Waals surface area contributed by atoms with Crippen LogP contribution in [0.4, 0.5) is 5.00 Å². The van der Waals surface area contributed by atoms with Crippen LogP contribution in [0.2, 0.25) is 5.02 Å². The van der Waals surface area contributed by atoms with Crippen molar-refractivity contribution in [3.63, 3.8) is 0 Å². The van der Waals surface area contributed by atoms with Crippen LogP contribution in [0.5, 0.6) is 0 Å². The van der Waals surface area contributed by atoms with E-state index in [1.54, 1.807) is 35.5 Å². The number of benzene rings is 1. The molecule has 1 heterocycles. The zero-order chi connectivity index (χ0) is 21.6. The number of likely N-dealkylation sites (N-methyl/N-ethyl adjacent to an activating group) is 1. The second-order valence-electron chi connectivity index (χ2n) is 6.77. The average Bonchev–Trinajstić information content (AvgIpc) is 3.03. The summed E-state index contributed by atoms with van der Waals surface area (Å²) in [6.45, 7) is 3.81. The highest BCUT2D eigenvalue weighted by molar-refractivity contribution is 7.15. The van der Waals surface area contributed by atoms with Crippen LogP contribution >= 0.6 is 22.9 Å². The molecule has 0 radical (unpaired) electrons. The molecule has 7 nitrogen and oxygen atoms in total. The van der Waals surface area contributed by atoms with E-state index < -0.39 is 5.97 Å². The van der Waals surface area contributed by atoms with Crippen molar-refractivity contribution < 1.29 is 19.1 Å². The van der Waals surface area contributed by atoms with Gasteiger partial charge in [-0.3, -0.25) is 14.5 Å². The molecule has 0 atom stereocenters. The molecule has 156 valence electrons. The van der Waals surface area contributed by atoms with Crippen LogP contribution in [0, 0.1) is 0 Å². The van der Waals surface area contributed by atoms with Crippen LogP contribution in [0.15, 0.2) is 29.6 Å². The molecular formula is C20H24ClN3O4S. The summed E-state index contributed by atoms with van der Waals surface area (Å²) in [6, 6.07) is 7.16. The van der Waals surface area contributed by atoms with Crippen LogP contribution in [0.1, 0.15) is 24.2 Å². The highest BCUT2D eigenvalue weighted by Crippen LogP contribution is 2.39. The summed E-state index contributed by atoms with van der Waals surface area (Å²) < 4.78 is 4.90. The SMILES string of the molecule is COC(=O)c1c(-c2ccccc2Cl)csc1NC(=O)CN(C)CC(=O)NC(C)C. The van der Waals surface area contributed by atoms with Gasteiger partial charge in [0.2, 0.25) is 11.8 Å². The molecule has 2 aromatic rings. The zero-order valence-electron chi connectivity index (χ0n) is 16.7. The van der Waals surface area contributed by atoms with Crippen molar-refractivity contribution in [2.75, 3.05) is 32.6 Å². The van der Waals surface area contributed by atoms with Gasteiger partial charge in [0.25, 0.3) is 0 Å². The first-order chi connectivity index (χ1) is 13.7. The Hall–Kier alpha value is -2.42. The second kappa shape index (κ2) is 10.4. The molecule has 2 rings (SSSR count). The topological polar surface area (TPSA) is 87.7 Å². The minimum atomic E-state index is -0.568. The first kappa shape index (κ1) is 22.9. The first-order valence-corrected chi connectivity index (χ1v) is 10.2. The summed E-state index contributed by atoms with van der Waals surface area (Å²) >= 11 is 7.48. The predicted octanol–water partition coefficient (Wildman–Crippen LogP) is 3.25. The largest absolute Gasteiger partial charge is 0.465 e. The standard InChI is InChI=1S/C20H24ClN3O4S/c1-12(2)22-16(25)9-24(3)10-17(26)23-19-18(20(27)28-4)14(11-29-19)13-7-5-6-8-15(13)21/h5-8,11-12H,9-10H2,1-4H3,(H,22,25)(H,23,26). The molecule has 0 aliphatic heterocycles. The number of ether oxygens (including phenoxy) is 1. The van der Waals surface area contributed by atoms with E-state index in [1.165, 1.54) is 18.4 Å². The number of methoxy groups -OCH3 is 1. The minimum Gasteiger partial charge on any atom is -0.465 e. The van der Waals surface area contributed by atoms with Crippen molar-refractivity contribution in [3.05, 3.63) is 40.2 Å². The van der Waals surface area contributed by atoms with Gasteiger partial charge in [-0.2, -0.15) is 0 Å². The fraction of sp³-hybridized carbons (Fsp3) is 0.350. The number of hydrogen-bond donors (Lipinski definition) is 2.